The van der Waals surface area contributed by atoms with Crippen LogP contribution in [-0.4, -0.2) is 37.4 Å². The van der Waals surface area contributed by atoms with Gasteiger partial charge in [0.15, 0.2) is 5.78 Å². The standard InChI is InChI=1S/C22H35NO2/c1-5-14-23(15-6-2)16-17(7-3)22(24)20-12-13-21(25-4)19-11-9-8-10-18(19)20/h12-13,17H,5-11,14-16H2,1-4H3. The number of ether oxygens (including phenoxy) is 1. The highest BCUT2D eigenvalue weighted by molar-refractivity contribution is 6.00. The summed E-state index contributed by atoms with van der Waals surface area (Å²) in [6.07, 6.45) is 7.61. The first-order valence-corrected chi connectivity index (χ1v) is 10.1. The van der Waals surface area contributed by atoms with Gasteiger partial charge in [-0.1, -0.05) is 20.8 Å². The Balaban J connectivity index is 2.25. The zero-order chi connectivity index (χ0) is 18.2. The van der Waals surface area contributed by atoms with Crippen LogP contribution in [0.25, 0.3) is 0 Å². The normalized spacial score (nSPS) is 15.1. The Hall–Kier alpha value is -1.35. The van der Waals surface area contributed by atoms with Crippen LogP contribution in [0.5, 0.6) is 5.75 Å². The van der Waals surface area contributed by atoms with Crippen LogP contribution in [0.4, 0.5) is 0 Å². The average Bonchev–Trinajstić information content (AvgIpc) is 2.65. The summed E-state index contributed by atoms with van der Waals surface area (Å²) in [4.78, 5) is 15.8. The number of ketones is 1. The Morgan fingerprint density at radius 1 is 1.08 bits per heavy atom. The molecule has 1 aliphatic rings. The molecule has 0 bridgehead atoms. The predicted molar refractivity (Wildman–Crippen MR) is 105 cm³/mol. The minimum Gasteiger partial charge on any atom is -0.496 e. The van der Waals surface area contributed by atoms with Gasteiger partial charge in [0.05, 0.1) is 7.11 Å². The Kier molecular flexibility index (Phi) is 7.95. The summed E-state index contributed by atoms with van der Waals surface area (Å²) in [5.74, 6) is 1.39. The van der Waals surface area contributed by atoms with Crippen molar-refractivity contribution in [2.75, 3.05) is 26.7 Å². The van der Waals surface area contributed by atoms with Crippen molar-refractivity contribution in [1.29, 1.82) is 0 Å². The van der Waals surface area contributed by atoms with Crippen molar-refractivity contribution < 1.29 is 9.53 Å². The molecule has 0 saturated heterocycles. The molecule has 140 valence electrons. The molecule has 0 saturated carbocycles. The average molecular weight is 346 g/mol. The lowest BCUT2D eigenvalue weighted by molar-refractivity contribution is 0.0873. The van der Waals surface area contributed by atoms with Crippen molar-refractivity contribution in [2.45, 2.75) is 65.7 Å². The van der Waals surface area contributed by atoms with Crippen molar-refractivity contribution in [3.8, 4) is 5.75 Å². The molecule has 1 aliphatic carbocycles. The van der Waals surface area contributed by atoms with Crippen LogP contribution >= 0.6 is 0 Å². The van der Waals surface area contributed by atoms with Gasteiger partial charge in [0.1, 0.15) is 5.75 Å². The number of carbonyl (C=O) groups excluding carboxylic acids is 1. The van der Waals surface area contributed by atoms with Crippen molar-refractivity contribution in [3.63, 3.8) is 0 Å². The second kappa shape index (κ2) is 9.96. The third-order valence-electron chi connectivity index (χ3n) is 5.40. The van der Waals surface area contributed by atoms with Gasteiger partial charge in [-0.25, -0.2) is 0 Å². The number of Topliss-reactive ketones (excluding diaryl/α,β-unsaturated/α-hetero) is 1. The van der Waals surface area contributed by atoms with Gasteiger partial charge in [-0.3, -0.25) is 4.79 Å². The molecule has 25 heavy (non-hydrogen) atoms. The summed E-state index contributed by atoms with van der Waals surface area (Å²) in [5, 5.41) is 0. The maximum absolute atomic E-state index is 13.3. The van der Waals surface area contributed by atoms with Crippen LogP contribution in [-0.2, 0) is 12.8 Å². The zero-order valence-electron chi connectivity index (χ0n) is 16.6. The van der Waals surface area contributed by atoms with Gasteiger partial charge in [0.2, 0.25) is 0 Å². The van der Waals surface area contributed by atoms with Crippen LogP contribution in [0, 0.1) is 5.92 Å². The molecule has 0 spiro atoms. The van der Waals surface area contributed by atoms with Gasteiger partial charge in [0.25, 0.3) is 0 Å². The van der Waals surface area contributed by atoms with Gasteiger partial charge >= 0.3 is 0 Å². The van der Waals surface area contributed by atoms with E-state index in [2.05, 4.69) is 25.7 Å². The Bertz CT molecular complexity index is 561. The highest BCUT2D eigenvalue weighted by Crippen LogP contribution is 2.33. The maximum Gasteiger partial charge on any atom is 0.167 e. The molecule has 0 fully saturated rings. The summed E-state index contributed by atoms with van der Waals surface area (Å²) in [6.45, 7) is 9.62. The molecule has 1 aromatic rings. The summed E-state index contributed by atoms with van der Waals surface area (Å²) >= 11 is 0. The number of hydrogen-bond donors (Lipinski definition) is 0. The van der Waals surface area contributed by atoms with Crippen LogP contribution in [0.15, 0.2) is 12.1 Å². The SMILES string of the molecule is CCCN(CCC)CC(CC)C(=O)c1ccc(OC)c2c1CCCC2. The molecule has 0 aromatic heterocycles. The first kappa shape index (κ1) is 20.0. The van der Waals surface area contributed by atoms with E-state index in [0.717, 1.165) is 63.1 Å². The van der Waals surface area contributed by atoms with Crippen LogP contribution in [0.2, 0.25) is 0 Å². The Morgan fingerprint density at radius 3 is 2.28 bits per heavy atom. The van der Waals surface area contributed by atoms with Crippen molar-refractivity contribution in [3.05, 3.63) is 28.8 Å². The smallest absolute Gasteiger partial charge is 0.167 e. The van der Waals surface area contributed by atoms with Gasteiger partial charge in [-0.2, -0.15) is 0 Å². The summed E-state index contributed by atoms with van der Waals surface area (Å²) < 4.78 is 5.54. The van der Waals surface area contributed by atoms with Crippen LogP contribution in [0.1, 0.15) is 74.4 Å². The Morgan fingerprint density at radius 2 is 1.72 bits per heavy atom. The number of nitrogens with zero attached hydrogens (tertiary/aromatic N) is 1. The molecule has 1 unspecified atom stereocenters. The molecule has 0 N–H and O–H groups in total. The summed E-state index contributed by atoms with van der Waals surface area (Å²) in [6, 6.07) is 4.01. The molecule has 0 radical (unpaired) electrons. The predicted octanol–water partition coefficient (Wildman–Crippen LogP) is 4.90. The van der Waals surface area contributed by atoms with E-state index in [4.69, 9.17) is 4.74 Å². The number of fused-ring (bicyclic) bond motifs is 1. The number of benzene rings is 1. The molecule has 1 aromatic carbocycles. The van der Waals surface area contributed by atoms with E-state index in [1.807, 2.05) is 12.1 Å². The number of carbonyl (C=O) groups is 1. The second-order valence-electron chi connectivity index (χ2n) is 7.25. The second-order valence-corrected chi connectivity index (χ2v) is 7.25. The van der Waals surface area contributed by atoms with E-state index < -0.39 is 0 Å². The molecule has 0 heterocycles. The third-order valence-corrected chi connectivity index (χ3v) is 5.40. The van der Waals surface area contributed by atoms with Crippen molar-refractivity contribution in [1.82, 2.24) is 4.90 Å². The third kappa shape index (κ3) is 4.84. The number of rotatable bonds is 10. The number of hydrogen-bond acceptors (Lipinski definition) is 3. The van der Waals surface area contributed by atoms with E-state index in [0.29, 0.717) is 5.78 Å². The fourth-order valence-electron chi connectivity index (χ4n) is 4.11. The van der Waals surface area contributed by atoms with E-state index in [1.54, 1.807) is 7.11 Å². The zero-order valence-corrected chi connectivity index (χ0v) is 16.6. The molecule has 3 nitrogen and oxygen atoms in total. The van der Waals surface area contributed by atoms with E-state index >= 15 is 0 Å². The van der Waals surface area contributed by atoms with Crippen LogP contribution < -0.4 is 4.74 Å². The van der Waals surface area contributed by atoms with E-state index in [-0.39, 0.29) is 5.92 Å². The lowest BCUT2D eigenvalue weighted by atomic mass is 9.83. The van der Waals surface area contributed by atoms with Crippen molar-refractivity contribution >= 4 is 5.78 Å². The van der Waals surface area contributed by atoms with Crippen molar-refractivity contribution in [2.24, 2.45) is 5.92 Å². The fourth-order valence-corrected chi connectivity index (χ4v) is 4.11. The highest BCUT2D eigenvalue weighted by atomic mass is 16.5. The summed E-state index contributed by atoms with van der Waals surface area (Å²) in [5.41, 5.74) is 3.48. The molecule has 0 amide bonds. The van der Waals surface area contributed by atoms with Gasteiger partial charge in [-0.15, -0.1) is 0 Å². The fraction of sp³-hybridized carbons (Fsp3) is 0.682. The highest BCUT2D eigenvalue weighted by Gasteiger charge is 2.26. The monoisotopic (exact) mass is 345 g/mol. The quantitative estimate of drug-likeness (QED) is 0.565. The Labute approximate surface area is 153 Å². The molecule has 3 heteroatoms. The van der Waals surface area contributed by atoms with Gasteiger partial charge < -0.3 is 9.64 Å². The molecular weight excluding hydrogens is 310 g/mol. The minimum absolute atomic E-state index is 0.0949. The van der Waals surface area contributed by atoms with Gasteiger partial charge in [-0.05, 0) is 81.3 Å². The molecule has 2 rings (SSSR count). The summed E-state index contributed by atoms with van der Waals surface area (Å²) in [7, 11) is 1.73. The molecular formula is C22H35NO2. The largest absolute Gasteiger partial charge is 0.496 e. The first-order valence-electron chi connectivity index (χ1n) is 10.1. The van der Waals surface area contributed by atoms with E-state index in [9.17, 15) is 4.79 Å². The minimum atomic E-state index is 0.0949. The molecule has 1 atom stereocenters. The lowest BCUT2D eigenvalue weighted by Crippen LogP contribution is -2.34. The van der Waals surface area contributed by atoms with E-state index in [1.165, 1.54) is 24.0 Å². The number of methoxy groups -OCH3 is 1. The first-order chi connectivity index (χ1) is 12.2. The topological polar surface area (TPSA) is 29.5 Å². The maximum atomic E-state index is 13.3. The lowest BCUT2D eigenvalue weighted by Gasteiger charge is -2.27. The van der Waals surface area contributed by atoms with Crippen LogP contribution in [0.3, 0.4) is 0 Å². The van der Waals surface area contributed by atoms with Gasteiger partial charge in [0, 0.05) is 18.0 Å². The molecule has 0 aliphatic heterocycles.